The third-order valence-corrected chi connectivity index (χ3v) is 4.48. The van der Waals surface area contributed by atoms with E-state index in [4.69, 9.17) is 19.9 Å². The third-order valence-electron chi connectivity index (χ3n) is 4.48. The van der Waals surface area contributed by atoms with Crippen molar-refractivity contribution in [3.63, 3.8) is 0 Å². The van der Waals surface area contributed by atoms with Crippen LogP contribution in [-0.4, -0.2) is 43.6 Å². The Morgan fingerprint density at radius 3 is 2.91 bits per heavy atom. The SMILES string of the molecule is CCC1O[C@@H]2C(C)O[C@@H](n3cnc4c(N)ncnc43)[C@]2(C)O1. The van der Waals surface area contributed by atoms with Crippen LogP contribution in [-0.2, 0) is 14.2 Å². The van der Waals surface area contributed by atoms with E-state index in [0.717, 1.165) is 6.42 Å². The minimum atomic E-state index is -0.590. The number of hydrogen-bond acceptors (Lipinski definition) is 7. The molecule has 2 saturated heterocycles. The van der Waals surface area contributed by atoms with Crippen molar-refractivity contribution in [1.82, 2.24) is 19.5 Å². The molecule has 22 heavy (non-hydrogen) atoms. The molecular weight excluding hydrogens is 286 g/mol. The molecule has 0 bridgehead atoms. The van der Waals surface area contributed by atoms with Crippen LogP contribution in [0.2, 0.25) is 0 Å². The van der Waals surface area contributed by atoms with Crippen molar-refractivity contribution in [3.8, 4) is 0 Å². The van der Waals surface area contributed by atoms with Gasteiger partial charge in [0.25, 0.3) is 0 Å². The highest BCUT2D eigenvalue weighted by Gasteiger charge is 2.60. The molecule has 8 heteroatoms. The number of rotatable bonds is 2. The summed E-state index contributed by atoms with van der Waals surface area (Å²) in [5, 5.41) is 0. The predicted molar refractivity (Wildman–Crippen MR) is 77.8 cm³/mol. The number of aromatic nitrogens is 4. The van der Waals surface area contributed by atoms with E-state index in [2.05, 4.69) is 15.0 Å². The van der Waals surface area contributed by atoms with Crippen molar-refractivity contribution in [3.05, 3.63) is 12.7 Å². The topological polar surface area (TPSA) is 97.3 Å². The molecule has 0 saturated carbocycles. The zero-order chi connectivity index (χ0) is 15.5. The molecule has 2 unspecified atom stereocenters. The van der Waals surface area contributed by atoms with Crippen molar-refractivity contribution < 1.29 is 14.2 Å². The maximum atomic E-state index is 6.14. The van der Waals surface area contributed by atoms with Crippen LogP contribution in [0.15, 0.2) is 12.7 Å². The fourth-order valence-electron chi connectivity index (χ4n) is 3.42. The Labute approximate surface area is 127 Å². The molecule has 2 aliphatic heterocycles. The molecule has 0 spiro atoms. The lowest BCUT2D eigenvalue weighted by Crippen LogP contribution is -2.40. The summed E-state index contributed by atoms with van der Waals surface area (Å²) in [4.78, 5) is 12.6. The first-order valence-corrected chi connectivity index (χ1v) is 7.46. The van der Waals surface area contributed by atoms with Crippen molar-refractivity contribution in [2.45, 2.75) is 57.5 Å². The zero-order valence-corrected chi connectivity index (χ0v) is 12.8. The van der Waals surface area contributed by atoms with Crippen molar-refractivity contribution in [2.75, 3.05) is 5.73 Å². The van der Waals surface area contributed by atoms with Gasteiger partial charge in [-0.05, 0) is 20.3 Å². The van der Waals surface area contributed by atoms with Gasteiger partial charge in [-0.25, -0.2) is 15.0 Å². The van der Waals surface area contributed by atoms with Gasteiger partial charge in [-0.15, -0.1) is 0 Å². The summed E-state index contributed by atoms with van der Waals surface area (Å²) in [5.41, 5.74) is 6.47. The van der Waals surface area contributed by atoms with Gasteiger partial charge in [0.05, 0.1) is 12.4 Å². The fourth-order valence-corrected chi connectivity index (χ4v) is 3.42. The number of nitrogen functional groups attached to an aromatic ring is 1. The highest BCUT2D eigenvalue weighted by molar-refractivity contribution is 5.81. The zero-order valence-electron chi connectivity index (χ0n) is 12.8. The van der Waals surface area contributed by atoms with Gasteiger partial charge in [-0.2, -0.15) is 0 Å². The number of nitrogens with zero attached hydrogens (tertiary/aromatic N) is 4. The molecule has 0 amide bonds. The minimum Gasteiger partial charge on any atom is -0.382 e. The van der Waals surface area contributed by atoms with Crippen LogP contribution < -0.4 is 5.73 Å². The lowest BCUT2D eigenvalue weighted by molar-refractivity contribution is -0.165. The van der Waals surface area contributed by atoms with Gasteiger partial charge in [-0.1, -0.05) is 6.92 Å². The summed E-state index contributed by atoms with van der Waals surface area (Å²) in [6.07, 6.45) is 3.10. The molecule has 2 aromatic rings. The van der Waals surface area contributed by atoms with Gasteiger partial charge in [-0.3, -0.25) is 4.57 Å². The molecule has 5 atom stereocenters. The van der Waals surface area contributed by atoms with Crippen LogP contribution in [0.25, 0.3) is 11.2 Å². The Bertz CT molecular complexity index is 720. The summed E-state index contributed by atoms with van der Waals surface area (Å²) >= 11 is 0. The van der Waals surface area contributed by atoms with Crippen molar-refractivity contribution >= 4 is 17.0 Å². The Balaban J connectivity index is 1.80. The molecule has 0 radical (unpaired) electrons. The molecular formula is C14H19N5O3. The summed E-state index contributed by atoms with van der Waals surface area (Å²) in [7, 11) is 0. The van der Waals surface area contributed by atoms with E-state index in [9.17, 15) is 0 Å². The first-order valence-electron chi connectivity index (χ1n) is 7.46. The van der Waals surface area contributed by atoms with Crippen LogP contribution >= 0.6 is 0 Å². The van der Waals surface area contributed by atoms with Crippen molar-refractivity contribution in [2.24, 2.45) is 0 Å². The molecule has 2 aliphatic rings. The van der Waals surface area contributed by atoms with E-state index in [0.29, 0.717) is 17.0 Å². The molecule has 4 heterocycles. The number of nitrogens with two attached hydrogens (primary N) is 1. The third kappa shape index (κ3) is 1.71. The summed E-state index contributed by atoms with van der Waals surface area (Å²) < 4.78 is 20.1. The van der Waals surface area contributed by atoms with Crippen LogP contribution in [0.4, 0.5) is 5.82 Å². The van der Waals surface area contributed by atoms with Gasteiger partial charge in [0.2, 0.25) is 0 Å². The van der Waals surface area contributed by atoms with Crippen LogP contribution in [0.3, 0.4) is 0 Å². The van der Waals surface area contributed by atoms with E-state index in [-0.39, 0.29) is 24.7 Å². The molecule has 8 nitrogen and oxygen atoms in total. The van der Waals surface area contributed by atoms with Gasteiger partial charge in [0.15, 0.2) is 24.0 Å². The average molecular weight is 305 g/mol. The normalized spacial score (nSPS) is 37.8. The maximum absolute atomic E-state index is 6.14. The highest BCUT2D eigenvalue weighted by atomic mass is 16.8. The van der Waals surface area contributed by atoms with E-state index in [1.165, 1.54) is 6.33 Å². The summed E-state index contributed by atoms with van der Waals surface area (Å²) in [6, 6.07) is 0. The van der Waals surface area contributed by atoms with Gasteiger partial charge >= 0.3 is 0 Å². The van der Waals surface area contributed by atoms with Crippen molar-refractivity contribution in [1.29, 1.82) is 0 Å². The highest BCUT2D eigenvalue weighted by Crippen LogP contribution is 2.48. The summed E-state index contributed by atoms with van der Waals surface area (Å²) in [5.74, 6) is 0.353. The Hall–Kier alpha value is -1.77. The number of imidazole rings is 1. The van der Waals surface area contributed by atoms with Crippen LogP contribution in [0.5, 0.6) is 0 Å². The Morgan fingerprint density at radius 1 is 1.32 bits per heavy atom. The maximum Gasteiger partial charge on any atom is 0.168 e. The molecule has 118 valence electrons. The molecule has 0 aliphatic carbocycles. The van der Waals surface area contributed by atoms with Crippen LogP contribution in [0.1, 0.15) is 33.4 Å². The number of fused-ring (bicyclic) bond motifs is 2. The van der Waals surface area contributed by atoms with Gasteiger partial charge < -0.3 is 19.9 Å². The van der Waals surface area contributed by atoms with Crippen LogP contribution in [0, 0.1) is 0 Å². The van der Waals surface area contributed by atoms with E-state index in [1.807, 2.05) is 25.3 Å². The van der Waals surface area contributed by atoms with E-state index in [1.54, 1.807) is 6.33 Å². The molecule has 4 rings (SSSR count). The minimum absolute atomic E-state index is 0.0804. The lowest BCUT2D eigenvalue weighted by atomic mass is 9.97. The Morgan fingerprint density at radius 2 is 2.14 bits per heavy atom. The predicted octanol–water partition coefficient (Wildman–Crippen LogP) is 1.24. The smallest absolute Gasteiger partial charge is 0.168 e. The fraction of sp³-hybridized carbons (Fsp3) is 0.643. The largest absolute Gasteiger partial charge is 0.382 e. The lowest BCUT2D eigenvalue weighted by Gasteiger charge is -2.28. The van der Waals surface area contributed by atoms with E-state index >= 15 is 0 Å². The summed E-state index contributed by atoms with van der Waals surface area (Å²) in [6.45, 7) is 6.04. The van der Waals surface area contributed by atoms with Gasteiger partial charge in [0, 0.05) is 0 Å². The monoisotopic (exact) mass is 305 g/mol. The standard InChI is InChI=1S/C14H19N5O3/c1-4-8-21-10-7(2)20-13(14(10,3)22-8)19-6-18-9-11(15)16-5-17-12(9)19/h5-8,10,13H,4H2,1-3H3,(H2,15,16,17)/t7?,8?,10-,13-,14-/m1/s1. The van der Waals surface area contributed by atoms with E-state index < -0.39 is 5.60 Å². The average Bonchev–Trinajstić information content (AvgIpc) is 3.12. The molecule has 2 fully saturated rings. The number of ether oxygens (including phenoxy) is 3. The van der Waals surface area contributed by atoms with Gasteiger partial charge in [0.1, 0.15) is 23.5 Å². The quantitative estimate of drug-likeness (QED) is 0.891. The second-order valence-corrected chi connectivity index (χ2v) is 5.97. The molecule has 2 N–H and O–H groups in total. The first kappa shape index (κ1) is 13.9. The molecule has 2 aromatic heterocycles. The number of hydrogen-bond donors (Lipinski definition) is 1. The molecule has 0 aromatic carbocycles. The second kappa shape index (κ2) is 4.61. The second-order valence-electron chi connectivity index (χ2n) is 5.97. The Kier molecular flexibility index (Phi) is 2.91. The number of anilines is 1. The first-order chi connectivity index (χ1) is 10.5.